The van der Waals surface area contributed by atoms with Gasteiger partial charge in [0.1, 0.15) is 5.83 Å². The third-order valence-electron chi connectivity index (χ3n) is 4.39. The molecule has 0 aliphatic carbocycles. The molecule has 4 rings (SSSR count). The van der Waals surface area contributed by atoms with Gasteiger partial charge in [0, 0.05) is 29.3 Å². The van der Waals surface area contributed by atoms with E-state index in [0.29, 0.717) is 17.2 Å². The van der Waals surface area contributed by atoms with Gasteiger partial charge in [-0.05, 0) is 36.8 Å². The van der Waals surface area contributed by atoms with Crippen LogP contribution < -0.4 is 5.32 Å². The Kier molecular flexibility index (Phi) is 4.76. The van der Waals surface area contributed by atoms with Crippen molar-refractivity contribution in [2.24, 2.45) is 9.98 Å². The zero-order valence-corrected chi connectivity index (χ0v) is 15.2. The summed E-state index contributed by atoms with van der Waals surface area (Å²) in [5.41, 5.74) is 3.55. The van der Waals surface area contributed by atoms with Gasteiger partial charge in [-0.15, -0.1) is 0 Å². The number of Topliss-reactive ketones (excluding diaryl/α,β-unsaturated/α-hetero) is 1. The number of allylic oxidation sites excluding steroid dienone is 1. The van der Waals surface area contributed by atoms with Gasteiger partial charge in [0.2, 0.25) is 5.96 Å². The minimum Gasteiger partial charge on any atom is -0.324 e. The van der Waals surface area contributed by atoms with Gasteiger partial charge < -0.3 is 5.32 Å². The molecule has 1 aliphatic rings. The lowest BCUT2D eigenvalue weighted by Gasteiger charge is -2.08. The van der Waals surface area contributed by atoms with E-state index in [1.807, 2.05) is 30.3 Å². The van der Waals surface area contributed by atoms with Gasteiger partial charge in [-0.25, -0.2) is 14.4 Å². The first kappa shape index (κ1) is 17.7. The van der Waals surface area contributed by atoms with Gasteiger partial charge in [0.05, 0.1) is 17.4 Å². The Balaban J connectivity index is 1.64. The molecule has 138 valence electrons. The summed E-state index contributed by atoms with van der Waals surface area (Å²) in [5.74, 6) is -0.106. The van der Waals surface area contributed by atoms with Crippen LogP contribution in [0.4, 0.5) is 10.1 Å². The summed E-state index contributed by atoms with van der Waals surface area (Å²) in [7, 11) is 0. The van der Waals surface area contributed by atoms with E-state index in [9.17, 15) is 9.18 Å². The largest absolute Gasteiger partial charge is 0.324 e. The van der Waals surface area contributed by atoms with Crippen molar-refractivity contribution in [3.05, 3.63) is 83.9 Å². The second-order valence-corrected chi connectivity index (χ2v) is 6.43. The highest BCUT2D eigenvalue weighted by molar-refractivity contribution is 6.12. The van der Waals surface area contributed by atoms with Gasteiger partial charge in [-0.3, -0.25) is 9.78 Å². The number of anilines is 1. The fraction of sp³-hybridized carbons (Fsp3) is 0.0909. The van der Waals surface area contributed by atoms with Crippen LogP contribution in [0.15, 0.2) is 82.8 Å². The first-order chi connectivity index (χ1) is 13.6. The van der Waals surface area contributed by atoms with E-state index in [-0.39, 0.29) is 18.0 Å². The highest BCUT2D eigenvalue weighted by Crippen LogP contribution is 2.20. The van der Waals surface area contributed by atoms with Gasteiger partial charge in [-0.2, -0.15) is 0 Å². The summed E-state index contributed by atoms with van der Waals surface area (Å²) < 4.78 is 14.1. The lowest BCUT2D eigenvalue weighted by atomic mass is 10.0. The van der Waals surface area contributed by atoms with E-state index < -0.39 is 0 Å². The number of rotatable bonds is 3. The molecule has 1 N–H and O–H groups in total. The summed E-state index contributed by atoms with van der Waals surface area (Å²) in [5, 5.41) is 4.11. The molecule has 0 saturated carbocycles. The fourth-order valence-corrected chi connectivity index (χ4v) is 2.94. The fourth-order valence-electron chi connectivity index (χ4n) is 2.94. The molecule has 3 aromatic rings. The average Bonchev–Trinajstić information content (AvgIpc) is 2.89. The Morgan fingerprint density at radius 1 is 1.11 bits per heavy atom. The van der Waals surface area contributed by atoms with Crippen molar-refractivity contribution in [1.29, 1.82) is 0 Å². The number of hydrogen-bond donors (Lipinski definition) is 1. The second-order valence-electron chi connectivity index (χ2n) is 6.43. The van der Waals surface area contributed by atoms with Gasteiger partial charge in [-0.1, -0.05) is 30.3 Å². The monoisotopic (exact) mass is 372 g/mol. The van der Waals surface area contributed by atoms with Crippen LogP contribution in [-0.2, 0) is 0 Å². The molecule has 0 bridgehead atoms. The smallest absolute Gasteiger partial charge is 0.227 e. The quantitative estimate of drug-likeness (QED) is 0.664. The van der Waals surface area contributed by atoms with Crippen LogP contribution in [0.3, 0.4) is 0 Å². The van der Waals surface area contributed by atoms with Crippen LogP contribution in [0.25, 0.3) is 10.9 Å². The van der Waals surface area contributed by atoms with Crippen LogP contribution in [0, 0.1) is 0 Å². The molecular formula is C22H17FN4O. The van der Waals surface area contributed by atoms with Gasteiger partial charge in [0.15, 0.2) is 5.78 Å². The SMILES string of the molecule is CC(=O)c1ccc(C2=NC(Nc3ccc4ncccc4c3)=NC=C(F)C2)cc1. The molecule has 1 aliphatic heterocycles. The molecule has 0 amide bonds. The lowest BCUT2D eigenvalue weighted by molar-refractivity contribution is 0.101. The lowest BCUT2D eigenvalue weighted by Crippen LogP contribution is -2.12. The number of carbonyl (C=O) groups is 1. The highest BCUT2D eigenvalue weighted by Gasteiger charge is 2.13. The third kappa shape index (κ3) is 3.86. The molecule has 2 heterocycles. The molecule has 0 atom stereocenters. The Labute approximate surface area is 161 Å². The van der Waals surface area contributed by atoms with E-state index >= 15 is 0 Å². The normalized spacial score (nSPS) is 14.0. The number of nitrogens with one attached hydrogen (secondary N) is 1. The van der Waals surface area contributed by atoms with Crippen molar-refractivity contribution in [3.63, 3.8) is 0 Å². The molecule has 0 unspecified atom stereocenters. The van der Waals surface area contributed by atoms with Crippen molar-refractivity contribution in [1.82, 2.24) is 4.98 Å². The van der Waals surface area contributed by atoms with Crippen molar-refractivity contribution in [3.8, 4) is 0 Å². The Hall–Kier alpha value is -3.67. The topological polar surface area (TPSA) is 66.7 Å². The zero-order valence-electron chi connectivity index (χ0n) is 15.2. The number of ketones is 1. The van der Waals surface area contributed by atoms with Crippen LogP contribution >= 0.6 is 0 Å². The number of aromatic nitrogens is 1. The first-order valence-corrected chi connectivity index (χ1v) is 8.81. The number of guanidine groups is 1. The van der Waals surface area contributed by atoms with Crippen LogP contribution in [0.2, 0.25) is 0 Å². The van der Waals surface area contributed by atoms with Crippen LogP contribution in [-0.4, -0.2) is 22.4 Å². The number of pyridine rings is 1. The summed E-state index contributed by atoms with van der Waals surface area (Å²) in [6, 6.07) is 16.5. The molecule has 6 heteroatoms. The zero-order chi connectivity index (χ0) is 19.5. The predicted octanol–water partition coefficient (Wildman–Crippen LogP) is 4.91. The van der Waals surface area contributed by atoms with E-state index in [0.717, 1.165) is 22.2 Å². The van der Waals surface area contributed by atoms with E-state index in [2.05, 4.69) is 20.3 Å². The molecule has 1 aromatic heterocycles. The summed E-state index contributed by atoms with van der Waals surface area (Å²) in [4.78, 5) is 24.4. The number of halogens is 1. The number of carbonyl (C=O) groups excluding carboxylic acids is 1. The number of benzene rings is 2. The molecule has 2 aromatic carbocycles. The molecule has 0 saturated heterocycles. The van der Waals surface area contributed by atoms with Crippen molar-refractivity contribution < 1.29 is 9.18 Å². The minimum atomic E-state index is -0.381. The Morgan fingerprint density at radius 3 is 2.71 bits per heavy atom. The minimum absolute atomic E-state index is 0.0184. The van der Waals surface area contributed by atoms with Crippen molar-refractivity contribution in [2.75, 3.05) is 5.32 Å². The molecule has 0 radical (unpaired) electrons. The standard InChI is InChI=1S/C22H17FN4O/c1-14(28)15-4-6-16(7-5-15)21-12-18(23)13-25-22(27-21)26-19-8-9-20-17(11-19)3-2-10-24-20/h2-11,13H,12H2,1H3,(H,25,26). The number of hydrogen-bond acceptors (Lipinski definition) is 5. The Morgan fingerprint density at radius 2 is 1.93 bits per heavy atom. The van der Waals surface area contributed by atoms with E-state index in [1.54, 1.807) is 30.5 Å². The van der Waals surface area contributed by atoms with Crippen LogP contribution in [0.1, 0.15) is 29.3 Å². The maximum atomic E-state index is 14.1. The first-order valence-electron chi connectivity index (χ1n) is 8.81. The summed E-state index contributed by atoms with van der Waals surface area (Å²) in [6.07, 6.45) is 2.95. The Bertz CT molecular complexity index is 1150. The number of fused-ring (bicyclic) bond motifs is 1. The number of nitrogens with zero attached hydrogens (tertiary/aromatic N) is 3. The summed E-state index contributed by atoms with van der Waals surface area (Å²) in [6.45, 7) is 1.51. The van der Waals surface area contributed by atoms with Crippen molar-refractivity contribution >= 4 is 34.0 Å². The van der Waals surface area contributed by atoms with Crippen molar-refractivity contribution in [2.45, 2.75) is 13.3 Å². The van der Waals surface area contributed by atoms with E-state index in [4.69, 9.17) is 0 Å². The second kappa shape index (κ2) is 7.52. The van der Waals surface area contributed by atoms with Gasteiger partial charge >= 0.3 is 0 Å². The molecule has 5 nitrogen and oxygen atoms in total. The highest BCUT2D eigenvalue weighted by atomic mass is 19.1. The predicted molar refractivity (Wildman–Crippen MR) is 110 cm³/mol. The summed E-state index contributed by atoms with van der Waals surface area (Å²) >= 11 is 0. The molecule has 28 heavy (non-hydrogen) atoms. The van der Waals surface area contributed by atoms with E-state index in [1.165, 1.54) is 13.1 Å². The molecule has 0 fully saturated rings. The van der Waals surface area contributed by atoms with Crippen LogP contribution in [0.5, 0.6) is 0 Å². The molecule has 0 spiro atoms. The van der Waals surface area contributed by atoms with Gasteiger partial charge in [0.25, 0.3) is 0 Å². The third-order valence-corrected chi connectivity index (χ3v) is 4.39. The maximum absolute atomic E-state index is 14.1. The maximum Gasteiger partial charge on any atom is 0.227 e. The average molecular weight is 372 g/mol. The molecular weight excluding hydrogens is 355 g/mol. The number of aliphatic imine (C=N–C) groups is 2.